The van der Waals surface area contributed by atoms with Crippen molar-refractivity contribution in [3.63, 3.8) is 0 Å². The highest BCUT2D eigenvalue weighted by molar-refractivity contribution is 7.80. The van der Waals surface area contributed by atoms with Crippen LogP contribution < -0.4 is 0 Å². The van der Waals surface area contributed by atoms with Crippen LogP contribution in [0.4, 0.5) is 0 Å². The fraction of sp³-hybridized carbons (Fsp3) is 0.286. The van der Waals surface area contributed by atoms with Gasteiger partial charge in [0.1, 0.15) is 4.99 Å². The Balaban J connectivity index is 2.45. The van der Waals surface area contributed by atoms with E-state index in [0.29, 0.717) is 0 Å². The van der Waals surface area contributed by atoms with Gasteiger partial charge in [-0.1, -0.05) is 24.4 Å². The Hall–Kier alpha value is -0.630. The number of hydrogen-bond donors (Lipinski definition) is 0. The molecule has 0 aliphatic carbocycles. The average molecular weight is 139 g/mol. The van der Waals surface area contributed by atoms with E-state index in [1.165, 1.54) is 0 Å². The highest BCUT2D eigenvalue weighted by atomic mass is 32.1. The minimum atomic E-state index is 0.867. The van der Waals surface area contributed by atoms with Crippen LogP contribution in [0.25, 0.3) is 0 Å². The maximum absolute atomic E-state index is 5.00. The van der Waals surface area contributed by atoms with Crippen LogP contribution in [-0.2, 0) is 0 Å². The van der Waals surface area contributed by atoms with Crippen molar-refractivity contribution in [2.24, 2.45) is 0 Å². The lowest BCUT2D eigenvalue weighted by Gasteiger charge is -2.13. The van der Waals surface area contributed by atoms with E-state index in [0.717, 1.165) is 18.1 Å². The molecule has 0 aromatic heterocycles. The van der Waals surface area contributed by atoms with Gasteiger partial charge < -0.3 is 4.90 Å². The van der Waals surface area contributed by atoms with Crippen LogP contribution in [0.15, 0.2) is 24.8 Å². The second-order valence-corrected chi connectivity index (χ2v) is 2.35. The third kappa shape index (κ3) is 1.39. The molecule has 0 amide bonds. The first-order valence-electron chi connectivity index (χ1n) is 2.91. The van der Waals surface area contributed by atoms with Crippen LogP contribution >= 0.6 is 12.2 Å². The number of hydrogen-bond acceptors (Lipinski definition) is 1. The third-order valence-corrected chi connectivity index (χ3v) is 1.64. The molecule has 0 N–H and O–H groups in total. The maximum atomic E-state index is 5.00. The molecule has 9 heavy (non-hydrogen) atoms. The summed E-state index contributed by atoms with van der Waals surface area (Å²) in [6.45, 7) is 5.45. The van der Waals surface area contributed by atoms with Crippen molar-refractivity contribution < 1.29 is 0 Å². The molecule has 0 fully saturated rings. The summed E-state index contributed by atoms with van der Waals surface area (Å²) < 4.78 is 0. The van der Waals surface area contributed by atoms with Crippen LogP contribution in [0, 0.1) is 0 Å². The van der Waals surface area contributed by atoms with Gasteiger partial charge in [-0.05, 0) is 6.08 Å². The maximum Gasteiger partial charge on any atom is 0.102 e. The fourth-order valence-electron chi connectivity index (χ4n) is 0.796. The molecule has 0 unspecified atom stereocenters. The average Bonchev–Trinajstić information content (AvgIpc) is 2.18. The molecule has 0 bridgehead atoms. The zero-order valence-corrected chi connectivity index (χ0v) is 6.03. The van der Waals surface area contributed by atoms with Gasteiger partial charge in [-0.2, -0.15) is 0 Å². The van der Waals surface area contributed by atoms with Crippen molar-refractivity contribution in [2.45, 2.75) is 0 Å². The van der Waals surface area contributed by atoms with E-state index in [1.54, 1.807) is 0 Å². The summed E-state index contributed by atoms with van der Waals surface area (Å²) in [4.78, 5) is 3.01. The van der Waals surface area contributed by atoms with Crippen LogP contribution in [0.5, 0.6) is 0 Å². The minimum absolute atomic E-state index is 0.867. The lowest BCUT2D eigenvalue weighted by Crippen LogP contribution is -2.23. The van der Waals surface area contributed by atoms with Gasteiger partial charge in [-0.25, -0.2) is 0 Å². The van der Waals surface area contributed by atoms with E-state index in [1.807, 2.05) is 12.2 Å². The van der Waals surface area contributed by atoms with Gasteiger partial charge in [-0.3, -0.25) is 0 Å². The summed E-state index contributed by atoms with van der Waals surface area (Å²) in [5.41, 5.74) is 0. The lowest BCUT2D eigenvalue weighted by atomic mass is 10.5. The van der Waals surface area contributed by atoms with Crippen molar-refractivity contribution in [1.82, 2.24) is 4.90 Å². The Morgan fingerprint density at radius 2 is 2.67 bits per heavy atom. The van der Waals surface area contributed by atoms with E-state index < -0.39 is 0 Å². The van der Waals surface area contributed by atoms with Crippen LogP contribution in [-0.4, -0.2) is 23.0 Å². The third-order valence-electron chi connectivity index (χ3n) is 1.25. The lowest BCUT2D eigenvalue weighted by molar-refractivity contribution is 0.538. The molecule has 0 aromatic carbocycles. The first-order chi connectivity index (χ1) is 4.34. The molecular weight excluding hydrogens is 130 g/mol. The van der Waals surface area contributed by atoms with Gasteiger partial charge in [0.15, 0.2) is 0 Å². The van der Waals surface area contributed by atoms with Crippen molar-refractivity contribution in [3.05, 3.63) is 24.8 Å². The highest BCUT2D eigenvalue weighted by Gasteiger charge is 2.07. The predicted octanol–water partition coefficient (Wildman–Crippen LogP) is 1.37. The molecule has 0 saturated heterocycles. The molecule has 0 atom stereocenters. The molecule has 0 radical (unpaired) electrons. The van der Waals surface area contributed by atoms with Gasteiger partial charge in [-0.15, -0.1) is 6.58 Å². The second-order valence-electron chi connectivity index (χ2n) is 1.93. The Bertz CT molecular complexity index is 160. The molecule has 1 nitrogen and oxygen atoms in total. The summed E-state index contributed by atoms with van der Waals surface area (Å²) in [5, 5.41) is 0. The topological polar surface area (TPSA) is 3.24 Å². The zero-order valence-electron chi connectivity index (χ0n) is 5.21. The van der Waals surface area contributed by atoms with Crippen molar-refractivity contribution in [3.8, 4) is 0 Å². The molecular formula is C7H9NS. The Morgan fingerprint density at radius 1 is 1.89 bits per heavy atom. The quantitative estimate of drug-likeness (QED) is 0.420. The number of rotatable bonds is 2. The Kier molecular flexibility index (Phi) is 2.01. The van der Waals surface area contributed by atoms with E-state index in [-0.39, 0.29) is 0 Å². The van der Waals surface area contributed by atoms with Gasteiger partial charge >= 0.3 is 0 Å². The summed E-state index contributed by atoms with van der Waals surface area (Å²) in [6, 6.07) is 0. The first kappa shape index (κ1) is 6.49. The van der Waals surface area contributed by atoms with Gasteiger partial charge in [0.05, 0.1) is 0 Å². The molecule has 0 saturated carbocycles. The summed E-state index contributed by atoms with van der Waals surface area (Å²) in [6.07, 6.45) is 5.88. The smallest absolute Gasteiger partial charge is 0.102 e. The Labute approximate surface area is 60.7 Å². The van der Waals surface area contributed by atoms with Gasteiger partial charge in [0, 0.05) is 13.1 Å². The molecule has 1 heterocycles. The summed E-state index contributed by atoms with van der Waals surface area (Å²) in [7, 11) is 0. The molecule has 1 aliphatic heterocycles. The normalized spacial score (nSPS) is 16.9. The van der Waals surface area contributed by atoms with Crippen LogP contribution in [0.2, 0.25) is 0 Å². The van der Waals surface area contributed by atoms with E-state index >= 15 is 0 Å². The largest absolute Gasteiger partial charge is 0.355 e. The summed E-state index contributed by atoms with van der Waals surface area (Å²) >= 11 is 5.00. The van der Waals surface area contributed by atoms with Gasteiger partial charge in [0.2, 0.25) is 0 Å². The van der Waals surface area contributed by atoms with Crippen LogP contribution in [0.3, 0.4) is 0 Å². The predicted molar refractivity (Wildman–Crippen MR) is 43.5 cm³/mol. The van der Waals surface area contributed by atoms with Crippen molar-refractivity contribution in [2.75, 3.05) is 13.1 Å². The molecule has 1 aliphatic rings. The molecule has 1 rings (SSSR count). The van der Waals surface area contributed by atoms with Crippen molar-refractivity contribution in [1.29, 1.82) is 0 Å². The molecule has 2 heteroatoms. The molecule has 0 aromatic rings. The summed E-state index contributed by atoms with van der Waals surface area (Å²) in [5.74, 6) is 0. The fourth-order valence-corrected chi connectivity index (χ4v) is 1.04. The standard InChI is InChI=1S/C7H9NS/c1-2-5-8-6-3-4-7(8)9/h2-4H,1,5-6H2. The van der Waals surface area contributed by atoms with E-state index in [4.69, 9.17) is 12.2 Å². The highest BCUT2D eigenvalue weighted by Crippen LogP contribution is 2.01. The molecule has 48 valence electrons. The van der Waals surface area contributed by atoms with Crippen molar-refractivity contribution >= 4 is 17.2 Å². The van der Waals surface area contributed by atoms with Crippen LogP contribution in [0.1, 0.15) is 0 Å². The minimum Gasteiger partial charge on any atom is -0.355 e. The monoisotopic (exact) mass is 139 g/mol. The SMILES string of the molecule is C=CCN1CC=CC1=S. The number of thiocarbonyl (C=S) groups is 1. The van der Waals surface area contributed by atoms with Gasteiger partial charge in [0.25, 0.3) is 0 Å². The Morgan fingerprint density at radius 3 is 3.11 bits per heavy atom. The second kappa shape index (κ2) is 2.78. The van der Waals surface area contributed by atoms with E-state index in [9.17, 15) is 0 Å². The van der Waals surface area contributed by atoms with E-state index in [2.05, 4.69) is 17.6 Å². The zero-order chi connectivity index (χ0) is 6.69. The first-order valence-corrected chi connectivity index (χ1v) is 3.32. The number of nitrogens with zero attached hydrogens (tertiary/aromatic N) is 1. The molecule has 0 spiro atoms.